The molecular formula is C32H40ClN3O6S. The van der Waals surface area contributed by atoms with Gasteiger partial charge in [-0.15, -0.1) is 0 Å². The Bertz CT molecular complexity index is 1480. The number of benzene rings is 3. The van der Waals surface area contributed by atoms with Crippen molar-refractivity contribution >= 4 is 39.1 Å². The predicted octanol–water partition coefficient (Wildman–Crippen LogP) is 5.58. The van der Waals surface area contributed by atoms with Crippen molar-refractivity contribution in [3.63, 3.8) is 0 Å². The molecule has 2 amide bonds. The molecule has 43 heavy (non-hydrogen) atoms. The summed E-state index contributed by atoms with van der Waals surface area (Å²) >= 11 is 6.11. The number of sulfonamides is 1. The van der Waals surface area contributed by atoms with E-state index in [0.717, 1.165) is 28.3 Å². The van der Waals surface area contributed by atoms with Crippen molar-refractivity contribution in [1.82, 2.24) is 10.2 Å². The molecule has 0 radical (unpaired) electrons. The Labute approximate surface area is 259 Å². The highest BCUT2D eigenvalue weighted by Gasteiger charge is 2.34. The third kappa shape index (κ3) is 8.64. The highest BCUT2D eigenvalue weighted by Crippen LogP contribution is 2.32. The SMILES string of the molecule is CCCCNC(=O)[C@H](CC)N(Cc1ccc(C)cc1)C(=O)CN(c1ccc(Cl)cc1)S(=O)(=O)c1ccc(OC)c(OC)c1. The second-order valence-corrected chi connectivity index (χ2v) is 12.4. The van der Waals surface area contributed by atoms with Crippen molar-refractivity contribution in [3.05, 3.63) is 82.9 Å². The summed E-state index contributed by atoms with van der Waals surface area (Å²) in [5.41, 5.74) is 2.11. The summed E-state index contributed by atoms with van der Waals surface area (Å²) in [5.74, 6) is -0.226. The largest absolute Gasteiger partial charge is 0.493 e. The van der Waals surface area contributed by atoms with Gasteiger partial charge in [-0.05, 0) is 61.7 Å². The van der Waals surface area contributed by atoms with Crippen LogP contribution in [0.25, 0.3) is 0 Å². The summed E-state index contributed by atoms with van der Waals surface area (Å²) in [4.78, 5) is 28.8. The van der Waals surface area contributed by atoms with Crippen LogP contribution in [0.1, 0.15) is 44.2 Å². The first kappa shape index (κ1) is 33.7. The first-order chi connectivity index (χ1) is 20.5. The lowest BCUT2D eigenvalue weighted by atomic mass is 10.1. The molecule has 0 fully saturated rings. The van der Waals surface area contributed by atoms with Crippen molar-refractivity contribution in [1.29, 1.82) is 0 Å². The number of nitrogens with one attached hydrogen (secondary N) is 1. The molecule has 11 heteroatoms. The third-order valence-corrected chi connectivity index (χ3v) is 9.05. The topological polar surface area (TPSA) is 105 Å². The molecule has 9 nitrogen and oxygen atoms in total. The van der Waals surface area contributed by atoms with Crippen LogP contribution >= 0.6 is 11.6 Å². The van der Waals surface area contributed by atoms with E-state index >= 15 is 0 Å². The van der Waals surface area contributed by atoms with Gasteiger partial charge in [0.2, 0.25) is 11.8 Å². The number of amides is 2. The van der Waals surface area contributed by atoms with Crippen LogP contribution in [0, 0.1) is 6.92 Å². The minimum absolute atomic E-state index is 0.0951. The Morgan fingerprint density at radius 1 is 0.930 bits per heavy atom. The first-order valence-electron chi connectivity index (χ1n) is 14.2. The molecule has 232 valence electrons. The van der Waals surface area contributed by atoms with E-state index in [1.54, 1.807) is 12.1 Å². The smallest absolute Gasteiger partial charge is 0.264 e. The number of halogens is 1. The van der Waals surface area contributed by atoms with Crippen LogP contribution in [-0.2, 0) is 26.2 Å². The lowest BCUT2D eigenvalue weighted by Crippen LogP contribution is -2.52. The number of rotatable bonds is 15. The van der Waals surface area contributed by atoms with Gasteiger partial charge in [0.1, 0.15) is 12.6 Å². The van der Waals surface area contributed by atoms with E-state index in [1.807, 2.05) is 45.0 Å². The van der Waals surface area contributed by atoms with Gasteiger partial charge in [0, 0.05) is 24.2 Å². The predicted molar refractivity (Wildman–Crippen MR) is 169 cm³/mol. The number of carbonyl (C=O) groups is 2. The second kappa shape index (κ2) is 15.6. The van der Waals surface area contributed by atoms with Crippen molar-refractivity contribution in [2.75, 3.05) is 31.6 Å². The van der Waals surface area contributed by atoms with E-state index in [1.165, 1.54) is 49.5 Å². The fourth-order valence-corrected chi connectivity index (χ4v) is 6.11. The highest BCUT2D eigenvalue weighted by molar-refractivity contribution is 7.92. The lowest BCUT2D eigenvalue weighted by molar-refractivity contribution is -0.140. The number of hydrogen-bond acceptors (Lipinski definition) is 6. The van der Waals surface area contributed by atoms with E-state index in [9.17, 15) is 18.0 Å². The molecule has 3 rings (SSSR count). The quantitative estimate of drug-likeness (QED) is 0.220. The summed E-state index contributed by atoms with van der Waals surface area (Å²) in [5, 5.41) is 3.34. The maximum absolute atomic E-state index is 14.2. The van der Waals surface area contributed by atoms with Gasteiger partial charge in [-0.1, -0.05) is 61.7 Å². The monoisotopic (exact) mass is 629 g/mol. The summed E-state index contributed by atoms with van der Waals surface area (Å²) in [6.07, 6.45) is 2.06. The fraction of sp³-hybridized carbons (Fsp3) is 0.375. The van der Waals surface area contributed by atoms with Crippen molar-refractivity contribution < 1.29 is 27.5 Å². The van der Waals surface area contributed by atoms with Gasteiger partial charge in [-0.3, -0.25) is 13.9 Å². The first-order valence-corrected chi connectivity index (χ1v) is 16.0. The number of aryl methyl sites for hydroxylation is 1. The molecule has 0 aliphatic heterocycles. The molecule has 1 atom stereocenters. The van der Waals surface area contributed by atoms with E-state index in [4.69, 9.17) is 21.1 Å². The summed E-state index contributed by atoms with van der Waals surface area (Å²) in [6, 6.07) is 17.3. The molecule has 0 saturated heterocycles. The van der Waals surface area contributed by atoms with E-state index in [2.05, 4.69) is 5.32 Å². The van der Waals surface area contributed by atoms with Crippen molar-refractivity contribution in [3.8, 4) is 11.5 Å². The van der Waals surface area contributed by atoms with Crippen LogP contribution < -0.4 is 19.1 Å². The molecule has 0 aliphatic rings. The maximum Gasteiger partial charge on any atom is 0.264 e. The molecule has 0 saturated carbocycles. The molecule has 3 aromatic carbocycles. The Morgan fingerprint density at radius 2 is 1.58 bits per heavy atom. The summed E-state index contributed by atoms with van der Waals surface area (Å²) in [7, 11) is -1.43. The molecule has 0 aliphatic carbocycles. The molecule has 0 bridgehead atoms. The zero-order valence-corrected chi connectivity index (χ0v) is 26.9. The van der Waals surface area contributed by atoms with Gasteiger partial charge < -0.3 is 19.7 Å². The standard InChI is InChI=1S/C32H40ClN3O6S/c1-6-8-19-34-32(38)28(7-2)35(21-24-11-9-23(3)10-12-24)31(37)22-36(26-15-13-25(33)14-16-26)43(39,40)27-17-18-29(41-4)30(20-27)42-5/h9-18,20,28H,6-8,19,21-22H2,1-5H3,(H,34,38)/t28-/m0/s1. The molecule has 3 aromatic rings. The summed E-state index contributed by atoms with van der Waals surface area (Å²) in [6.45, 7) is 5.89. The molecule has 0 unspecified atom stereocenters. The van der Waals surface area contributed by atoms with Gasteiger partial charge in [-0.2, -0.15) is 0 Å². The van der Waals surface area contributed by atoms with Gasteiger partial charge in [0.25, 0.3) is 10.0 Å². The van der Waals surface area contributed by atoms with Gasteiger partial charge >= 0.3 is 0 Å². The van der Waals surface area contributed by atoms with Crippen molar-refractivity contribution in [2.24, 2.45) is 0 Å². The molecule has 1 N–H and O–H groups in total. The van der Waals surface area contributed by atoms with Crippen LogP contribution in [0.3, 0.4) is 0 Å². The number of anilines is 1. The van der Waals surface area contributed by atoms with E-state index < -0.39 is 28.5 Å². The van der Waals surface area contributed by atoms with E-state index in [-0.39, 0.29) is 28.8 Å². The Kier molecular flexibility index (Phi) is 12.3. The molecule has 0 spiro atoms. The number of carbonyl (C=O) groups excluding carboxylic acids is 2. The summed E-state index contributed by atoms with van der Waals surface area (Å²) < 4.78 is 39.9. The number of methoxy groups -OCH3 is 2. The number of nitrogens with zero attached hydrogens (tertiary/aromatic N) is 2. The molecule has 0 heterocycles. The fourth-order valence-electron chi connectivity index (χ4n) is 4.56. The van der Waals surface area contributed by atoms with Crippen molar-refractivity contribution in [2.45, 2.75) is 57.5 Å². The third-order valence-electron chi connectivity index (χ3n) is 7.03. The average molecular weight is 630 g/mol. The lowest BCUT2D eigenvalue weighted by Gasteiger charge is -2.33. The molecule has 0 aromatic heterocycles. The Morgan fingerprint density at radius 3 is 2.16 bits per heavy atom. The average Bonchev–Trinajstić information content (AvgIpc) is 3.00. The van der Waals surface area contributed by atoms with E-state index in [0.29, 0.717) is 23.7 Å². The minimum atomic E-state index is -4.30. The number of ether oxygens (including phenoxy) is 2. The van der Waals surface area contributed by atoms with Crippen LogP contribution in [0.2, 0.25) is 5.02 Å². The zero-order valence-electron chi connectivity index (χ0n) is 25.3. The van der Waals surface area contributed by atoms with Crippen LogP contribution in [-0.4, -0.2) is 58.5 Å². The Balaban J connectivity index is 2.06. The number of unbranched alkanes of at least 4 members (excludes halogenated alkanes) is 1. The zero-order chi connectivity index (χ0) is 31.6. The van der Waals surface area contributed by atoms with Gasteiger partial charge in [0.15, 0.2) is 11.5 Å². The minimum Gasteiger partial charge on any atom is -0.493 e. The normalized spacial score (nSPS) is 11.9. The van der Waals surface area contributed by atoms with Crippen LogP contribution in [0.5, 0.6) is 11.5 Å². The second-order valence-electron chi connectivity index (χ2n) is 10.1. The van der Waals surface area contributed by atoms with Crippen LogP contribution in [0.15, 0.2) is 71.6 Å². The van der Waals surface area contributed by atoms with Gasteiger partial charge in [0.05, 0.1) is 24.8 Å². The Hall–Kier alpha value is -3.76. The number of hydrogen-bond donors (Lipinski definition) is 1. The molecular weight excluding hydrogens is 590 g/mol. The van der Waals surface area contributed by atoms with Crippen LogP contribution in [0.4, 0.5) is 5.69 Å². The maximum atomic E-state index is 14.2. The highest BCUT2D eigenvalue weighted by atomic mass is 35.5. The van der Waals surface area contributed by atoms with Gasteiger partial charge in [-0.25, -0.2) is 8.42 Å².